The Hall–Kier alpha value is -2.68. The van der Waals surface area contributed by atoms with Crippen LogP contribution in [-0.2, 0) is 11.4 Å². The Kier molecular flexibility index (Phi) is 6.90. The summed E-state index contributed by atoms with van der Waals surface area (Å²) in [4.78, 5) is 11.0. The summed E-state index contributed by atoms with van der Waals surface area (Å²) in [5.41, 5.74) is 0.796. The Balaban J connectivity index is 2.36. The van der Waals surface area contributed by atoms with Crippen molar-refractivity contribution in [1.29, 1.82) is 5.26 Å². The minimum absolute atomic E-state index is 0.188. The molecule has 0 aliphatic carbocycles. The Morgan fingerprint density at radius 3 is 2.58 bits per heavy atom. The van der Waals surface area contributed by atoms with Crippen molar-refractivity contribution in [3.05, 3.63) is 63.1 Å². The Morgan fingerprint density at radius 2 is 1.96 bits per heavy atom. The Labute approximate surface area is 161 Å². The minimum Gasteiger partial charge on any atom is -0.490 e. The molecule has 0 unspecified atom stereocenters. The molecule has 0 saturated heterocycles. The van der Waals surface area contributed by atoms with E-state index in [9.17, 15) is 4.79 Å². The predicted octanol–water partition coefficient (Wildman–Crippen LogP) is 4.96. The lowest BCUT2D eigenvalue weighted by Crippen LogP contribution is -2.02. The molecule has 0 fully saturated rings. The maximum absolute atomic E-state index is 11.0. The lowest BCUT2D eigenvalue weighted by molar-refractivity contribution is -0.132. The van der Waals surface area contributed by atoms with Gasteiger partial charge >= 0.3 is 5.97 Å². The molecule has 0 atom stereocenters. The van der Waals surface area contributed by atoms with Crippen LogP contribution in [0.4, 0.5) is 0 Å². The van der Waals surface area contributed by atoms with E-state index >= 15 is 0 Å². The number of rotatable bonds is 7. The van der Waals surface area contributed by atoms with Crippen LogP contribution in [0.5, 0.6) is 11.5 Å². The molecule has 0 bridgehead atoms. The first-order valence-corrected chi connectivity index (χ1v) is 8.39. The van der Waals surface area contributed by atoms with Gasteiger partial charge in [-0.25, -0.2) is 4.79 Å². The molecule has 0 radical (unpaired) electrons. The van der Waals surface area contributed by atoms with E-state index in [-0.39, 0.29) is 11.6 Å². The summed E-state index contributed by atoms with van der Waals surface area (Å²) >= 11 is 12.4. The number of benzene rings is 2. The number of hydrogen-bond acceptors (Lipinski definition) is 4. The summed E-state index contributed by atoms with van der Waals surface area (Å²) in [7, 11) is 0. The molecule has 0 saturated carbocycles. The first-order valence-electron chi connectivity index (χ1n) is 7.63. The number of nitrogens with zero attached hydrogens (tertiary/aromatic N) is 1. The van der Waals surface area contributed by atoms with Crippen molar-refractivity contribution in [2.45, 2.75) is 13.5 Å². The maximum atomic E-state index is 11.0. The van der Waals surface area contributed by atoms with Crippen molar-refractivity contribution >= 4 is 35.2 Å². The van der Waals surface area contributed by atoms with E-state index in [1.54, 1.807) is 25.1 Å². The number of carboxylic acid groups (broad SMARTS) is 1. The highest BCUT2D eigenvalue weighted by atomic mass is 35.5. The van der Waals surface area contributed by atoms with Gasteiger partial charge in [0.05, 0.1) is 11.6 Å². The van der Waals surface area contributed by atoms with Crippen LogP contribution in [-0.4, -0.2) is 17.7 Å². The zero-order chi connectivity index (χ0) is 19.1. The van der Waals surface area contributed by atoms with E-state index < -0.39 is 11.5 Å². The molecule has 5 nitrogen and oxygen atoms in total. The van der Waals surface area contributed by atoms with Crippen molar-refractivity contribution in [2.24, 2.45) is 0 Å². The van der Waals surface area contributed by atoms with Crippen LogP contribution >= 0.6 is 23.2 Å². The number of nitriles is 1. The zero-order valence-electron chi connectivity index (χ0n) is 13.8. The molecule has 2 aromatic rings. The summed E-state index contributed by atoms with van der Waals surface area (Å²) in [6.07, 6.45) is 1.22. The van der Waals surface area contributed by atoms with Crippen LogP contribution < -0.4 is 9.47 Å². The van der Waals surface area contributed by atoms with Gasteiger partial charge in [-0.2, -0.15) is 5.26 Å². The van der Waals surface area contributed by atoms with E-state index in [1.807, 2.05) is 18.2 Å². The van der Waals surface area contributed by atoms with Crippen LogP contribution in [0, 0.1) is 11.3 Å². The molecule has 1 N–H and O–H groups in total. The van der Waals surface area contributed by atoms with E-state index in [0.29, 0.717) is 28.7 Å². The molecule has 0 aromatic heterocycles. The number of carboxylic acids is 1. The van der Waals surface area contributed by atoms with Crippen molar-refractivity contribution in [1.82, 2.24) is 0 Å². The second kappa shape index (κ2) is 9.14. The van der Waals surface area contributed by atoms with Crippen LogP contribution in [0.1, 0.15) is 18.1 Å². The molecule has 2 rings (SSSR count). The van der Waals surface area contributed by atoms with E-state index in [4.69, 9.17) is 43.0 Å². The molecule has 0 heterocycles. The average Bonchev–Trinajstić information content (AvgIpc) is 2.60. The molecule has 2 aromatic carbocycles. The zero-order valence-corrected chi connectivity index (χ0v) is 15.3. The summed E-state index contributed by atoms with van der Waals surface area (Å²) in [5.74, 6) is -0.652. The lowest BCUT2D eigenvalue weighted by atomic mass is 10.1. The second-order valence-electron chi connectivity index (χ2n) is 5.12. The van der Waals surface area contributed by atoms with Crippen LogP contribution in [0.3, 0.4) is 0 Å². The molecule has 26 heavy (non-hydrogen) atoms. The van der Waals surface area contributed by atoms with Gasteiger partial charge in [-0.05, 0) is 36.8 Å². The number of carbonyl (C=O) groups is 1. The first kappa shape index (κ1) is 19.6. The van der Waals surface area contributed by atoms with Crippen LogP contribution in [0.25, 0.3) is 6.08 Å². The molecule has 0 amide bonds. The van der Waals surface area contributed by atoms with Gasteiger partial charge in [0.15, 0.2) is 11.5 Å². The fourth-order valence-corrected chi connectivity index (χ4v) is 2.61. The molecule has 0 spiro atoms. The highest BCUT2D eigenvalue weighted by molar-refractivity contribution is 6.32. The van der Waals surface area contributed by atoms with Crippen LogP contribution in [0.15, 0.2) is 42.0 Å². The average molecular weight is 392 g/mol. The molecule has 0 aliphatic heterocycles. The standard InChI is InChI=1S/C19H15Cl2NO4/c1-2-25-17-9-12(7-14(10-22)19(23)24)8-16(21)18(17)26-11-13-5-3-4-6-15(13)20/h3-9H,2,11H2,1H3,(H,23,24). The van der Waals surface area contributed by atoms with E-state index in [0.717, 1.165) is 5.56 Å². The number of halogens is 2. The van der Waals surface area contributed by atoms with Crippen LogP contribution in [0.2, 0.25) is 10.0 Å². The number of aliphatic carboxylic acids is 1. The second-order valence-corrected chi connectivity index (χ2v) is 5.93. The van der Waals surface area contributed by atoms with Gasteiger partial charge in [0.25, 0.3) is 0 Å². The number of hydrogen-bond donors (Lipinski definition) is 1. The topological polar surface area (TPSA) is 79.5 Å². The Bertz CT molecular complexity index is 888. The molecular formula is C19H15Cl2NO4. The van der Waals surface area contributed by atoms with Crippen molar-refractivity contribution in [2.75, 3.05) is 6.61 Å². The quantitative estimate of drug-likeness (QED) is 0.532. The monoisotopic (exact) mass is 391 g/mol. The summed E-state index contributed by atoms with van der Waals surface area (Å²) in [6, 6.07) is 12.0. The van der Waals surface area contributed by atoms with Gasteiger partial charge in [-0.1, -0.05) is 41.4 Å². The molecule has 134 valence electrons. The molecule has 0 aliphatic rings. The minimum atomic E-state index is -1.32. The highest BCUT2D eigenvalue weighted by Crippen LogP contribution is 2.38. The summed E-state index contributed by atoms with van der Waals surface area (Å²) < 4.78 is 11.3. The van der Waals surface area contributed by atoms with Gasteiger partial charge in [-0.3, -0.25) is 0 Å². The fraction of sp³-hybridized carbons (Fsp3) is 0.158. The molecular weight excluding hydrogens is 377 g/mol. The summed E-state index contributed by atoms with van der Waals surface area (Å²) in [5, 5.41) is 18.7. The van der Waals surface area contributed by atoms with Crippen molar-refractivity contribution in [3.63, 3.8) is 0 Å². The largest absolute Gasteiger partial charge is 0.490 e. The van der Waals surface area contributed by atoms with E-state index in [2.05, 4.69) is 0 Å². The molecule has 7 heteroatoms. The third-order valence-corrected chi connectivity index (χ3v) is 3.97. The predicted molar refractivity (Wildman–Crippen MR) is 99.6 cm³/mol. The SMILES string of the molecule is CCOc1cc(C=C(C#N)C(=O)O)cc(Cl)c1OCc1ccccc1Cl. The van der Waals surface area contributed by atoms with Gasteiger partial charge in [0.1, 0.15) is 18.2 Å². The van der Waals surface area contributed by atoms with Gasteiger partial charge in [0, 0.05) is 10.6 Å². The third-order valence-electron chi connectivity index (χ3n) is 3.32. The third kappa shape index (κ3) is 4.92. The van der Waals surface area contributed by atoms with Crippen molar-refractivity contribution in [3.8, 4) is 17.6 Å². The van der Waals surface area contributed by atoms with Gasteiger partial charge < -0.3 is 14.6 Å². The normalized spacial score (nSPS) is 10.9. The van der Waals surface area contributed by atoms with Gasteiger partial charge in [-0.15, -0.1) is 0 Å². The van der Waals surface area contributed by atoms with Gasteiger partial charge in [0.2, 0.25) is 0 Å². The highest BCUT2D eigenvalue weighted by Gasteiger charge is 2.14. The lowest BCUT2D eigenvalue weighted by Gasteiger charge is -2.15. The van der Waals surface area contributed by atoms with E-state index in [1.165, 1.54) is 12.1 Å². The maximum Gasteiger partial charge on any atom is 0.346 e. The fourth-order valence-electron chi connectivity index (χ4n) is 2.15. The van der Waals surface area contributed by atoms with Crippen molar-refractivity contribution < 1.29 is 19.4 Å². The number of ether oxygens (including phenoxy) is 2. The first-order chi connectivity index (χ1) is 12.5. The summed E-state index contributed by atoms with van der Waals surface area (Å²) in [6.45, 7) is 2.34. The smallest absolute Gasteiger partial charge is 0.346 e. The Morgan fingerprint density at radius 1 is 1.23 bits per heavy atom.